The van der Waals surface area contributed by atoms with E-state index < -0.39 is 23.8 Å². The van der Waals surface area contributed by atoms with E-state index in [-0.39, 0.29) is 60.6 Å². The number of ketones is 2. The third-order valence-electron chi connectivity index (χ3n) is 5.36. The molecule has 9 nitrogen and oxygen atoms in total. The number of benzene rings is 1. The molecular formula is C21H19N3O6. The number of aryl methyl sites for hydroxylation is 1. The number of hydrogen-bond donors (Lipinski definition) is 1. The van der Waals surface area contributed by atoms with Crippen LogP contribution in [-0.4, -0.2) is 45.4 Å². The zero-order chi connectivity index (χ0) is 21.4. The Labute approximate surface area is 171 Å². The Balaban J connectivity index is 1.57. The molecule has 2 aromatic rings. The normalized spacial score (nSPS) is 19.1. The molecule has 0 saturated heterocycles. The van der Waals surface area contributed by atoms with Gasteiger partial charge < -0.3 is 9.84 Å². The summed E-state index contributed by atoms with van der Waals surface area (Å²) in [5.74, 6) is -1.45. The summed E-state index contributed by atoms with van der Waals surface area (Å²) in [6.07, 6.45) is 0.457. The number of imide groups is 1. The van der Waals surface area contributed by atoms with E-state index in [0.717, 1.165) is 4.90 Å². The topological polar surface area (TPSA) is 127 Å². The third-order valence-corrected chi connectivity index (χ3v) is 5.36. The van der Waals surface area contributed by atoms with Crippen molar-refractivity contribution in [2.24, 2.45) is 0 Å². The summed E-state index contributed by atoms with van der Waals surface area (Å²) >= 11 is 0. The molecule has 9 heteroatoms. The molecule has 0 bridgehead atoms. The van der Waals surface area contributed by atoms with E-state index in [1.165, 1.54) is 12.1 Å². The number of carbonyl (C=O) groups is 5. The van der Waals surface area contributed by atoms with Gasteiger partial charge in [-0.2, -0.15) is 0 Å². The molecule has 1 aliphatic heterocycles. The molecule has 2 aliphatic rings. The first-order valence-corrected chi connectivity index (χ1v) is 9.62. The fraction of sp³-hybridized carbons (Fsp3) is 0.333. The summed E-state index contributed by atoms with van der Waals surface area (Å²) in [6, 6.07) is 5.33. The predicted octanol–water partition coefficient (Wildman–Crippen LogP) is 1.59. The third kappa shape index (κ3) is 3.42. The summed E-state index contributed by atoms with van der Waals surface area (Å²) in [5.41, 5.74) is 0.923. The predicted molar refractivity (Wildman–Crippen MR) is 102 cm³/mol. The number of carbonyl (C=O) groups excluding carboxylic acids is 5. The maximum absolute atomic E-state index is 13.1. The maximum Gasteiger partial charge on any atom is 0.273 e. The minimum absolute atomic E-state index is 0.00211. The number of hydrogen-bond acceptors (Lipinski definition) is 7. The van der Waals surface area contributed by atoms with Crippen LogP contribution in [0.4, 0.5) is 0 Å². The Kier molecular flexibility index (Phi) is 5.03. The fourth-order valence-corrected chi connectivity index (χ4v) is 3.83. The second-order valence-corrected chi connectivity index (χ2v) is 7.38. The van der Waals surface area contributed by atoms with E-state index in [1.807, 2.05) is 0 Å². The van der Waals surface area contributed by atoms with E-state index in [0.29, 0.717) is 11.3 Å². The summed E-state index contributed by atoms with van der Waals surface area (Å²) in [4.78, 5) is 63.4. The van der Waals surface area contributed by atoms with Crippen LogP contribution in [0.3, 0.4) is 0 Å². The highest BCUT2D eigenvalue weighted by Crippen LogP contribution is 2.30. The molecular weight excluding hydrogens is 390 g/mol. The van der Waals surface area contributed by atoms with Crippen molar-refractivity contribution < 1.29 is 28.5 Å². The van der Waals surface area contributed by atoms with Crippen LogP contribution < -0.4 is 5.32 Å². The Morgan fingerprint density at radius 3 is 2.70 bits per heavy atom. The summed E-state index contributed by atoms with van der Waals surface area (Å²) < 4.78 is 4.88. The van der Waals surface area contributed by atoms with Gasteiger partial charge in [0.25, 0.3) is 17.7 Å². The second kappa shape index (κ2) is 7.66. The van der Waals surface area contributed by atoms with Gasteiger partial charge in [0.2, 0.25) is 0 Å². The van der Waals surface area contributed by atoms with Crippen molar-refractivity contribution in [3.63, 3.8) is 0 Å². The average molecular weight is 409 g/mol. The van der Waals surface area contributed by atoms with Gasteiger partial charge >= 0.3 is 0 Å². The molecule has 0 radical (unpaired) electrons. The highest BCUT2D eigenvalue weighted by atomic mass is 16.5. The summed E-state index contributed by atoms with van der Waals surface area (Å²) in [7, 11) is 0. The number of fused-ring (bicyclic) bond motifs is 1. The van der Waals surface area contributed by atoms with Crippen LogP contribution in [0.2, 0.25) is 0 Å². The van der Waals surface area contributed by atoms with E-state index in [2.05, 4.69) is 10.5 Å². The van der Waals surface area contributed by atoms with Crippen LogP contribution in [0.1, 0.15) is 68.2 Å². The van der Waals surface area contributed by atoms with Crippen LogP contribution in [0, 0.1) is 6.92 Å². The van der Waals surface area contributed by atoms with Gasteiger partial charge in [0.05, 0.1) is 17.2 Å². The van der Waals surface area contributed by atoms with Gasteiger partial charge in [-0.25, -0.2) is 0 Å². The van der Waals surface area contributed by atoms with Gasteiger partial charge in [0.15, 0.2) is 11.5 Å². The fourth-order valence-electron chi connectivity index (χ4n) is 3.83. The monoisotopic (exact) mass is 409 g/mol. The lowest BCUT2D eigenvalue weighted by Crippen LogP contribution is -2.44. The summed E-state index contributed by atoms with van der Waals surface area (Å²) in [6.45, 7) is 1.66. The highest BCUT2D eigenvalue weighted by Gasteiger charge is 2.44. The standard InChI is InChI=1S/C21H19N3O6/c1-11-9-15(23-30-11)19(27)22-10-12-3-2-4-14-18(12)21(29)24(20(14)28)16-7-5-13(25)6-8-17(16)26/h2-4,9,16H,5-8,10H2,1H3,(H,22,27). The van der Waals surface area contributed by atoms with Crippen LogP contribution in [0.15, 0.2) is 28.8 Å². The number of rotatable bonds is 4. The van der Waals surface area contributed by atoms with Crippen LogP contribution >= 0.6 is 0 Å². The first-order valence-electron chi connectivity index (χ1n) is 9.62. The smallest absolute Gasteiger partial charge is 0.273 e. The highest BCUT2D eigenvalue weighted by molar-refractivity contribution is 6.23. The maximum atomic E-state index is 13.1. The zero-order valence-corrected chi connectivity index (χ0v) is 16.3. The van der Waals surface area contributed by atoms with Crippen LogP contribution in [-0.2, 0) is 16.1 Å². The van der Waals surface area contributed by atoms with E-state index in [1.54, 1.807) is 19.1 Å². The van der Waals surface area contributed by atoms with Crippen molar-refractivity contribution in [1.29, 1.82) is 0 Å². The van der Waals surface area contributed by atoms with Crippen molar-refractivity contribution in [2.75, 3.05) is 0 Å². The Bertz CT molecular complexity index is 1090. The van der Waals surface area contributed by atoms with E-state index in [4.69, 9.17) is 4.52 Å². The van der Waals surface area contributed by atoms with Crippen LogP contribution in [0.5, 0.6) is 0 Å². The molecule has 1 fully saturated rings. The Hall–Kier alpha value is -3.62. The molecule has 1 N–H and O–H groups in total. The summed E-state index contributed by atoms with van der Waals surface area (Å²) in [5, 5.41) is 6.30. The molecule has 30 heavy (non-hydrogen) atoms. The minimum atomic E-state index is -0.940. The Morgan fingerprint density at radius 2 is 1.97 bits per heavy atom. The van der Waals surface area contributed by atoms with E-state index >= 15 is 0 Å². The van der Waals surface area contributed by atoms with Crippen LogP contribution in [0.25, 0.3) is 0 Å². The van der Waals surface area contributed by atoms with Gasteiger partial charge in [0.1, 0.15) is 11.5 Å². The number of nitrogens with zero attached hydrogens (tertiary/aromatic N) is 2. The van der Waals surface area contributed by atoms with Gasteiger partial charge in [0, 0.05) is 31.9 Å². The molecule has 0 spiro atoms. The first-order chi connectivity index (χ1) is 14.4. The molecule has 1 unspecified atom stereocenters. The lowest BCUT2D eigenvalue weighted by Gasteiger charge is -2.23. The quantitative estimate of drug-likeness (QED) is 0.600. The Morgan fingerprint density at radius 1 is 1.17 bits per heavy atom. The van der Waals surface area contributed by atoms with Crippen molar-refractivity contribution in [3.05, 3.63) is 52.4 Å². The van der Waals surface area contributed by atoms with Gasteiger partial charge in [-0.15, -0.1) is 0 Å². The largest absolute Gasteiger partial charge is 0.361 e. The molecule has 3 amide bonds. The number of Topliss-reactive ketones (excluding diaryl/α,β-unsaturated/α-hetero) is 2. The second-order valence-electron chi connectivity index (χ2n) is 7.38. The molecule has 1 atom stereocenters. The van der Waals surface area contributed by atoms with Crippen molar-refractivity contribution in [1.82, 2.24) is 15.4 Å². The molecule has 4 rings (SSSR count). The molecule has 1 aromatic carbocycles. The lowest BCUT2D eigenvalue weighted by molar-refractivity contribution is -0.124. The lowest BCUT2D eigenvalue weighted by atomic mass is 10.0. The first kappa shape index (κ1) is 19.7. The number of aromatic nitrogens is 1. The van der Waals surface area contributed by atoms with Crippen molar-refractivity contribution in [2.45, 2.75) is 45.2 Å². The van der Waals surface area contributed by atoms with Gasteiger partial charge in [-0.1, -0.05) is 17.3 Å². The number of nitrogens with one attached hydrogen (secondary N) is 1. The molecule has 1 saturated carbocycles. The SMILES string of the molecule is Cc1cc(C(=O)NCc2cccc3c2C(=O)N(C2CCC(=O)CCC2=O)C3=O)no1. The van der Waals surface area contributed by atoms with E-state index in [9.17, 15) is 24.0 Å². The zero-order valence-electron chi connectivity index (χ0n) is 16.3. The van der Waals surface area contributed by atoms with Crippen molar-refractivity contribution in [3.8, 4) is 0 Å². The average Bonchev–Trinajstić information content (AvgIpc) is 3.22. The molecule has 154 valence electrons. The van der Waals surface area contributed by atoms with Crippen molar-refractivity contribution >= 4 is 29.3 Å². The number of amides is 3. The minimum Gasteiger partial charge on any atom is -0.361 e. The molecule has 2 heterocycles. The molecule has 1 aromatic heterocycles. The van der Waals surface area contributed by atoms with Gasteiger partial charge in [-0.05, 0) is 25.0 Å². The van der Waals surface area contributed by atoms with Gasteiger partial charge in [-0.3, -0.25) is 28.9 Å². The molecule has 1 aliphatic carbocycles.